The molecule has 15 nitrogen and oxygen atoms in total. The first-order chi connectivity index (χ1) is 28.6. The van der Waals surface area contributed by atoms with Gasteiger partial charge in [-0.25, -0.2) is 0 Å². The van der Waals surface area contributed by atoms with Gasteiger partial charge in [0.15, 0.2) is 11.4 Å². The summed E-state index contributed by atoms with van der Waals surface area (Å²) in [5, 5.41) is 50.2. The number of likely N-dealkylation sites (tertiary alicyclic amines) is 1. The van der Waals surface area contributed by atoms with Crippen LogP contribution in [0.4, 0.5) is 5.69 Å². The van der Waals surface area contributed by atoms with Gasteiger partial charge >= 0.3 is 11.8 Å². The number of aromatic hydroxyl groups is 2. The van der Waals surface area contributed by atoms with E-state index >= 15 is 0 Å². The number of carbonyl (C=O) groups excluding carboxylic acids is 3. The molecular weight excluding hydrogens is 785 g/mol. The Morgan fingerprint density at radius 2 is 1.62 bits per heavy atom. The Balaban J connectivity index is 1.54. The van der Waals surface area contributed by atoms with Gasteiger partial charge in [0.25, 0.3) is 11.7 Å². The Bertz CT molecular complexity index is 2300. The van der Waals surface area contributed by atoms with E-state index in [2.05, 4.69) is 24.1 Å². The van der Waals surface area contributed by atoms with Gasteiger partial charge in [-0.15, -0.1) is 0 Å². The summed E-state index contributed by atoms with van der Waals surface area (Å²) in [5.41, 5.74) is -0.572. The Morgan fingerprint density at radius 3 is 2.25 bits per heavy atom. The number of aliphatic hydroxyl groups is 2. The maximum absolute atomic E-state index is 14.7. The van der Waals surface area contributed by atoms with E-state index < -0.39 is 82.9 Å². The number of nitrogens with zero attached hydrogens (tertiary/aromatic N) is 3. The molecular formula is C46H62N4O11. The summed E-state index contributed by atoms with van der Waals surface area (Å²) >= 11 is 0. The molecule has 0 saturated carbocycles. The molecule has 61 heavy (non-hydrogen) atoms. The monoisotopic (exact) mass is 846 g/mol. The molecule has 2 aromatic carbocycles. The summed E-state index contributed by atoms with van der Waals surface area (Å²) in [7, 11) is 1.47. The summed E-state index contributed by atoms with van der Waals surface area (Å²) in [6.45, 7) is 19.5. The van der Waals surface area contributed by atoms with Crippen LogP contribution in [0.15, 0.2) is 46.1 Å². The number of esters is 1. The fourth-order valence-corrected chi connectivity index (χ4v) is 9.20. The molecule has 0 aliphatic carbocycles. The summed E-state index contributed by atoms with van der Waals surface area (Å²) < 4.78 is 24.0. The summed E-state index contributed by atoms with van der Waals surface area (Å²) in [6.07, 6.45) is 5.04. The number of benzene rings is 2. The third kappa shape index (κ3) is 8.54. The van der Waals surface area contributed by atoms with Crippen molar-refractivity contribution in [3.05, 3.63) is 58.0 Å². The third-order valence-electron chi connectivity index (χ3n) is 12.9. The maximum atomic E-state index is 14.7. The number of anilines is 1. The van der Waals surface area contributed by atoms with E-state index in [0.717, 1.165) is 6.54 Å². The zero-order chi connectivity index (χ0) is 44.9. The Kier molecular flexibility index (Phi) is 13.1. The van der Waals surface area contributed by atoms with Gasteiger partial charge in [0, 0.05) is 93.6 Å². The number of aliphatic hydroxyl groups excluding tert-OH is 2. The molecule has 15 heteroatoms. The van der Waals surface area contributed by atoms with Crippen LogP contribution in [0.2, 0.25) is 0 Å². The number of rotatable bonds is 4. The van der Waals surface area contributed by atoms with Crippen molar-refractivity contribution in [2.24, 2.45) is 39.6 Å². The minimum atomic E-state index is -1.96. The minimum absolute atomic E-state index is 0.0364. The van der Waals surface area contributed by atoms with E-state index in [1.54, 1.807) is 65.8 Å². The van der Waals surface area contributed by atoms with Crippen molar-refractivity contribution < 1.29 is 53.8 Å². The van der Waals surface area contributed by atoms with Crippen molar-refractivity contribution in [3.63, 3.8) is 0 Å². The number of carbonyl (C=O) groups is 3. The Hall–Kier alpha value is -4.83. The van der Waals surface area contributed by atoms with Crippen molar-refractivity contribution in [1.82, 2.24) is 4.90 Å². The largest absolute Gasteiger partial charge is 0.507 e. The number of hydrogen-bond donors (Lipinski definition) is 5. The van der Waals surface area contributed by atoms with Crippen LogP contribution in [0, 0.1) is 36.5 Å². The van der Waals surface area contributed by atoms with Crippen molar-refractivity contribution in [1.29, 1.82) is 0 Å². The van der Waals surface area contributed by atoms with Crippen LogP contribution in [0.25, 0.3) is 10.8 Å². The number of piperidine rings is 1. The van der Waals surface area contributed by atoms with Gasteiger partial charge in [0.1, 0.15) is 28.6 Å². The highest BCUT2D eigenvalue weighted by atomic mass is 16.7. The van der Waals surface area contributed by atoms with Crippen molar-refractivity contribution in [3.8, 4) is 17.2 Å². The molecule has 5 N–H and O–H groups in total. The average Bonchev–Trinajstić information content (AvgIpc) is 3.71. The van der Waals surface area contributed by atoms with Gasteiger partial charge < -0.3 is 49.6 Å². The lowest BCUT2D eigenvalue weighted by Gasteiger charge is -2.38. The minimum Gasteiger partial charge on any atom is -0.507 e. The fraction of sp³-hybridized carbons (Fsp3) is 0.587. The van der Waals surface area contributed by atoms with E-state index in [-0.39, 0.29) is 55.4 Å². The molecule has 4 bridgehead atoms. The number of fused-ring (bicyclic) bond motifs is 1. The second kappa shape index (κ2) is 17.5. The summed E-state index contributed by atoms with van der Waals surface area (Å²) in [5.74, 6) is -6.44. The highest BCUT2D eigenvalue weighted by Gasteiger charge is 2.50. The first kappa shape index (κ1) is 45.7. The maximum Gasteiger partial charge on any atom is 0.312 e. The van der Waals surface area contributed by atoms with Gasteiger partial charge in [0.2, 0.25) is 0 Å². The number of methoxy groups -OCH3 is 1. The summed E-state index contributed by atoms with van der Waals surface area (Å²) in [4.78, 5) is 53.7. The molecule has 1 amide bonds. The molecule has 1 fully saturated rings. The molecule has 6 rings (SSSR count). The number of hydrogen-bond acceptors (Lipinski definition) is 14. The smallest absolute Gasteiger partial charge is 0.312 e. The molecule has 9 atom stereocenters. The number of ether oxygens (including phenoxy) is 4. The predicted molar refractivity (Wildman–Crippen MR) is 228 cm³/mol. The Labute approximate surface area is 356 Å². The van der Waals surface area contributed by atoms with Crippen molar-refractivity contribution in [2.75, 3.05) is 32.1 Å². The van der Waals surface area contributed by atoms with Gasteiger partial charge in [-0.3, -0.25) is 24.4 Å². The number of ketones is 1. The van der Waals surface area contributed by atoms with E-state index in [1.807, 2.05) is 0 Å². The highest BCUT2D eigenvalue weighted by Crippen LogP contribution is 2.50. The topological polar surface area (TPSA) is 209 Å². The van der Waals surface area contributed by atoms with Crippen LogP contribution in [-0.2, 0) is 23.8 Å². The number of phenolic OH excluding ortho intramolecular Hbond substituents is 2. The van der Waals surface area contributed by atoms with Gasteiger partial charge in [-0.2, -0.15) is 0 Å². The fourth-order valence-electron chi connectivity index (χ4n) is 9.20. The number of Topliss-reactive ketones (excluding diaryl/α,β-unsaturated/α-hetero) is 1. The van der Waals surface area contributed by atoms with Crippen LogP contribution < -0.4 is 20.8 Å². The van der Waals surface area contributed by atoms with Crippen LogP contribution >= 0.6 is 0 Å². The number of nitrogens with one attached hydrogen (secondary N) is 1. The van der Waals surface area contributed by atoms with Gasteiger partial charge in [-0.1, -0.05) is 59.8 Å². The van der Waals surface area contributed by atoms with E-state index in [0.29, 0.717) is 31.8 Å². The van der Waals surface area contributed by atoms with Crippen LogP contribution in [0.1, 0.15) is 91.1 Å². The van der Waals surface area contributed by atoms with E-state index in [9.17, 15) is 34.8 Å². The number of phenols is 2. The molecule has 4 heterocycles. The Morgan fingerprint density at radius 1 is 0.967 bits per heavy atom. The van der Waals surface area contributed by atoms with Crippen molar-refractivity contribution >= 4 is 34.1 Å². The molecule has 4 aliphatic heterocycles. The number of amides is 1. The molecule has 1 saturated heterocycles. The normalized spacial score (nSPS) is 32.7. The van der Waals surface area contributed by atoms with Crippen LogP contribution in [-0.4, -0.2) is 106 Å². The molecule has 0 aromatic heterocycles. The molecule has 0 unspecified atom stereocenters. The van der Waals surface area contributed by atoms with Gasteiger partial charge in [0.05, 0.1) is 40.9 Å². The van der Waals surface area contributed by atoms with E-state index in [1.165, 1.54) is 27.2 Å². The zero-order valence-corrected chi connectivity index (χ0v) is 37.1. The second-order valence-corrected chi connectivity index (χ2v) is 18.0. The van der Waals surface area contributed by atoms with E-state index in [4.69, 9.17) is 28.9 Å². The molecule has 4 aliphatic rings. The molecule has 332 valence electrons. The molecule has 0 radical (unpaired) electrons. The standard InChI is InChI=1S/C46H62N4O11/c1-22(2)21-50-18-16-46(17-19-50)48-34-31-32-39(54)28(8)42-33(31)43(56)45(10,61-42)59-20-15-30(58-11)25(5)41(60-29(9)51)27(7)38(53)26(6)37(52)23(3)13-12-14-24(4)44(57)47-36(40(32)55)35(34)49-46/h12-15,20,22-23,25-27,30,37-38,41,52-55H,16-19,21H2,1-11H3,(H,47,57)/b13-12+,20-15+,24-14-/t23-,25-,26+,27-,30-,37-,38+,41+,45-/m0/s1. The predicted octanol–water partition coefficient (Wildman–Crippen LogP) is 4.75. The highest BCUT2D eigenvalue weighted by molar-refractivity contribution is 6.19. The lowest BCUT2D eigenvalue weighted by Crippen LogP contribution is -2.46. The number of allylic oxidation sites excluding steroid dienone is 2. The third-order valence-corrected chi connectivity index (χ3v) is 12.9. The molecule has 2 aromatic rings. The second-order valence-electron chi connectivity index (χ2n) is 18.0. The first-order valence-corrected chi connectivity index (χ1v) is 21.2. The summed E-state index contributed by atoms with van der Waals surface area (Å²) in [6, 6.07) is 0. The quantitative estimate of drug-likeness (QED) is 0.209. The first-order valence-electron chi connectivity index (χ1n) is 21.2. The van der Waals surface area contributed by atoms with Crippen LogP contribution in [0.5, 0.6) is 17.2 Å². The lowest BCUT2D eigenvalue weighted by molar-refractivity contribution is -0.160. The van der Waals surface area contributed by atoms with Gasteiger partial charge in [-0.05, 0) is 25.8 Å². The zero-order valence-electron chi connectivity index (χ0n) is 37.1. The SMILES string of the molecule is CO[C@H]1/C=C/O[C@@]2(C)Oc3c(C)c(O)c4c(O)c(c5c(c4c3C2=O)=NC2(CCN(CC(C)C)CC2)N=5)NC(=O)/C(C)=C\C=C\[C@H](C)[C@H](O)[C@@H](C)[C@@H](O)[C@H](C)[C@H](OC(C)=O)[C@H]1C. The average molecular weight is 847 g/mol. The van der Waals surface area contributed by atoms with Crippen molar-refractivity contribution in [2.45, 2.75) is 118 Å². The lowest BCUT2D eigenvalue weighted by atomic mass is 9.78. The van der Waals surface area contributed by atoms with Crippen LogP contribution in [0.3, 0.4) is 0 Å². The molecule has 1 spiro atoms.